The predicted molar refractivity (Wildman–Crippen MR) is 71.7 cm³/mol. The van der Waals surface area contributed by atoms with Gasteiger partial charge in [-0.15, -0.1) is 12.4 Å². The molecule has 1 unspecified atom stereocenters. The quantitative estimate of drug-likeness (QED) is 0.773. The summed E-state index contributed by atoms with van der Waals surface area (Å²) in [5.74, 6) is -0.359. The van der Waals surface area contributed by atoms with Crippen molar-refractivity contribution in [2.75, 3.05) is 18.4 Å². The van der Waals surface area contributed by atoms with E-state index < -0.39 is 0 Å². The number of piperidine rings is 1. The molecule has 18 heavy (non-hydrogen) atoms. The van der Waals surface area contributed by atoms with Gasteiger partial charge in [0.15, 0.2) is 0 Å². The van der Waals surface area contributed by atoms with E-state index in [0.29, 0.717) is 5.69 Å². The molecule has 2 rings (SSSR count). The van der Waals surface area contributed by atoms with Crippen LogP contribution in [0.1, 0.15) is 12.8 Å². The highest BCUT2D eigenvalue weighted by molar-refractivity contribution is 5.89. The van der Waals surface area contributed by atoms with Crippen molar-refractivity contribution in [1.82, 2.24) is 10.6 Å². The lowest BCUT2D eigenvalue weighted by Crippen LogP contribution is -2.47. The number of rotatable bonds is 2. The number of benzene rings is 1. The second kappa shape index (κ2) is 7.18. The van der Waals surface area contributed by atoms with Crippen LogP contribution >= 0.6 is 12.4 Å². The fourth-order valence-electron chi connectivity index (χ4n) is 1.89. The molecule has 0 radical (unpaired) electrons. The Balaban J connectivity index is 0.00000162. The minimum atomic E-state index is -0.359. The normalized spacial score (nSPS) is 18.6. The van der Waals surface area contributed by atoms with Crippen LogP contribution in [0.4, 0.5) is 14.9 Å². The SMILES string of the molecule is Cl.O=C(Nc1cccc(F)c1)NC1CCCNC1. The molecule has 1 aromatic carbocycles. The smallest absolute Gasteiger partial charge is 0.319 e. The molecule has 0 bridgehead atoms. The molecule has 6 heteroatoms. The fourth-order valence-corrected chi connectivity index (χ4v) is 1.89. The molecule has 1 heterocycles. The van der Waals surface area contributed by atoms with Gasteiger partial charge in [-0.05, 0) is 37.6 Å². The van der Waals surface area contributed by atoms with Crippen LogP contribution in [0.3, 0.4) is 0 Å². The standard InChI is InChI=1S/C12H16FN3O.ClH/c13-9-3-1-4-10(7-9)15-12(17)16-11-5-2-6-14-8-11;/h1,3-4,7,11,14H,2,5-6,8H2,(H2,15,16,17);1H. The first-order chi connectivity index (χ1) is 8.24. The van der Waals surface area contributed by atoms with E-state index in [4.69, 9.17) is 0 Å². The van der Waals surface area contributed by atoms with E-state index in [2.05, 4.69) is 16.0 Å². The van der Waals surface area contributed by atoms with Gasteiger partial charge in [-0.2, -0.15) is 0 Å². The van der Waals surface area contributed by atoms with Gasteiger partial charge >= 0.3 is 6.03 Å². The van der Waals surface area contributed by atoms with Gasteiger partial charge in [0.2, 0.25) is 0 Å². The van der Waals surface area contributed by atoms with Crippen molar-refractivity contribution < 1.29 is 9.18 Å². The summed E-state index contributed by atoms with van der Waals surface area (Å²) in [6, 6.07) is 5.71. The molecule has 0 saturated carbocycles. The second-order valence-corrected chi connectivity index (χ2v) is 4.15. The molecule has 1 aliphatic heterocycles. The van der Waals surface area contributed by atoms with Crippen LogP contribution in [0, 0.1) is 5.82 Å². The summed E-state index contributed by atoms with van der Waals surface area (Å²) in [6.45, 7) is 1.79. The zero-order chi connectivity index (χ0) is 12.1. The summed E-state index contributed by atoms with van der Waals surface area (Å²) in [5.41, 5.74) is 0.464. The first-order valence-corrected chi connectivity index (χ1v) is 5.78. The lowest BCUT2D eigenvalue weighted by molar-refractivity contribution is 0.245. The Morgan fingerprint density at radius 3 is 2.94 bits per heavy atom. The van der Waals surface area contributed by atoms with Gasteiger partial charge in [0.1, 0.15) is 5.82 Å². The second-order valence-electron chi connectivity index (χ2n) is 4.15. The van der Waals surface area contributed by atoms with Crippen LogP contribution in [0.15, 0.2) is 24.3 Å². The van der Waals surface area contributed by atoms with Crippen molar-refractivity contribution in [3.8, 4) is 0 Å². The van der Waals surface area contributed by atoms with Gasteiger partial charge in [-0.3, -0.25) is 0 Å². The average Bonchev–Trinajstić information content (AvgIpc) is 2.30. The number of carbonyl (C=O) groups is 1. The maximum Gasteiger partial charge on any atom is 0.319 e. The zero-order valence-electron chi connectivity index (χ0n) is 9.91. The highest BCUT2D eigenvalue weighted by atomic mass is 35.5. The maximum atomic E-state index is 12.9. The van der Waals surface area contributed by atoms with E-state index in [1.165, 1.54) is 12.1 Å². The van der Waals surface area contributed by atoms with Gasteiger partial charge in [0.25, 0.3) is 0 Å². The number of hydrogen-bond acceptors (Lipinski definition) is 2. The minimum absolute atomic E-state index is 0. The number of nitrogens with one attached hydrogen (secondary N) is 3. The third kappa shape index (κ3) is 4.50. The Morgan fingerprint density at radius 2 is 2.28 bits per heavy atom. The summed E-state index contributed by atoms with van der Waals surface area (Å²) < 4.78 is 12.9. The number of carbonyl (C=O) groups excluding carboxylic acids is 1. The van der Waals surface area contributed by atoms with Crippen LogP contribution in [0.25, 0.3) is 0 Å². The molecule has 1 saturated heterocycles. The van der Waals surface area contributed by atoms with E-state index >= 15 is 0 Å². The van der Waals surface area contributed by atoms with Crippen LogP contribution in [0.5, 0.6) is 0 Å². The van der Waals surface area contributed by atoms with Crippen molar-refractivity contribution >= 4 is 24.1 Å². The number of amides is 2. The van der Waals surface area contributed by atoms with E-state index in [-0.39, 0.29) is 30.3 Å². The molecule has 0 aliphatic carbocycles. The molecule has 1 aromatic rings. The molecule has 1 atom stereocenters. The highest BCUT2D eigenvalue weighted by Crippen LogP contribution is 2.09. The van der Waals surface area contributed by atoms with Crippen molar-refractivity contribution in [2.45, 2.75) is 18.9 Å². The lowest BCUT2D eigenvalue weighted by atomic mass is 10.1. The Hall–Kier alpha value is -1.33. The fraction of sp³-hybridized carbons (Fsp3) is 0.417. The summed E-state index contributed by atoms with van der Waals surface area (Å²) in [6.07, 6.45) is 2.04. The van der Waals surface area contributed by atoms with Gasteiger partial charge in [0, 0.05) is 18.3 Å². The molecule has 2 amide bonds. The van der Waals surface area contributed by atoms with E-state index in [1.54, 1.807) is 12.1 Å². The predicted octanol–water partition coefficient (Wildman–Crippen LogP) is 2.12. The molecule has 0 aromatic heterocycles. The lowest BCUT2D eigenvalue weighted by Gasteiger charge is -2.23. The molecule has 1 aliphatic rings. The first-order valence-electron chi connectivity index (χ1n) is 5.78. The Morgan fingerprint density at radius 1 is 1.44 bits per heavy atom. The Kier molecular flexibility index (Phi) is 5.88. The van der Waals surface area contributed by atoms with E-state index in [1.807, 2.05) is 0 Å². The molecule has 3 N–H and O–H groups in total. The van der Waals surface area contributed by atoms with Crippen LogP contribution in [-0.2, 0) is 0 Å². The molecular formula is C12H17ClFN3O. The minimum Gasteiger partial charge on any atom is -0.334 e. The summed E-state index contributed by atoms with van der Waals surface area (Å²) >= 11 is 0. The molecular weight excluding hydrogens is 257 g/mol. The number of anilines is 1. The third-order valence-corrected chi connectivity index (χ3v) is 2.71. The largest absolute Gasteiger partial charge is 0.334 e. The Labute approximate surface area is 112 Å². The molecule has 0 spiro atoms. The highest BCUT2D eigenvalue weighted by Gasteiger charge is 2.15. The van der Waals surface area contributed by atoms with Gasteiger partial charge in [-0.25, -0.2) is 9.18 Å². The van der Waals surface area contributed by atoms with Crippen molar-refractivity contribution in [3.05, 3.63) is 30.1 Å². The summed E-state index contributed by atoms with van der Waals surface area (Å²) in [4.78, 5) is 11.6. The number of halogens is 2. The van der Waals surface area contributed by atoms with Crippen molar-refractivity contribution in [2.24, 2.45) is 0 Å². The number of urea groups is 1. The average molecular weight is 274 g/mol. The van der Waals surface area contributed by atoms with Gasteiger partial charge < -0.3 is 16.0 Å². The topological polar surface area (TPSA) is 53.2 Å². The Bertz CT molecular complexity index is 397. The van der Waals surface area contributed by atoms with Gasteiger partial charge in [0.05, 0.1) is 0 Å². The number of hydrogen-bond donors (Lipinski definition) is 3. The van der Waals surface area contributed by atoms with Crippen LogP contribution in [0.2, 0.25) is 0 Å². The van der Waals surface area contributed by atoms with Gasteiger partial charge in [-0.1, -0.05) is 6.07 Å². The van der Waals surface area contributed by atoms with E-state index in [0.717, 1.165) is 25.9 Å². The molecule has 1 fully saturated rings. The van der Waals surface area contributed by atoms with Crippen LogP contribution < -0.4 is 16.0 Å². The van der Waals surface area contributed by atoms with E-state index in [9.17, 15) is 9.18 Å². The van der Waals surface area contributed by atoms with Crippen LogP contribution in [-0.4, -0.2) is 25.2 Å². The zero-order valence-corrected chi connectivity index (χ0v) is 10.7. The maximum absolute atomic E-state index is 12.9. The summed E-state index contributed by atoms with van der Waals surface area (Å²) in [7, 11) is 0. The first kappa shape index (κ1) is 14.7. The third-order valence-electron chi connectivity index (χ3n) is 2.71. The van der Waals surface area contributed by atoms with Crippen molar-refractivity contribution in [1.29, 1.82) is 0 Å². The molecule has 100 valence electrons. The molecule has 4 nitrogen and oxygen atoms in total. The monoisotopic (exact) mass is 273 g/mol. The summed E-state index contributed by atoms with van der Waals surface area (Å²) in [5, 5.41) is 8.67. The van der Waals surface area contributed by atoms with Crippen molar-refractivity contribution in [3.63, 3.8) is 0 Å².